The summed E-state index contributed by atoms with van der Waals surface area (Å²) in [5.74, 6) is -0.187. The Morgan fingerprint density at radius 1 is 1.20 bits per heavy atom. The SMILES string of the molecule is COc1cc(/C=C2\C(=O)NC(=O)N2C)cc(OC)c1O. The van der Waals surface area contributed by atoms with Gasteiger partial charge in [0.05, 0.1) is 14.2 Å². The fourth-order valence-electron chi connectivity index (χ4n) is 1.82. The van der Waals surface area contributed by atoms with Crippen LogP contribution in [-0.2, 0) is 4.79 Å². The Morgan fingerprint density at radius 3 is 2.15 bits per heavy atom. The summed E-state index contributed by atoms with van der Waals surface area (Å²) in [7, 11) is 4.30. The summed E-state index contributed by atoms with van der Waals surface area (Å²) in [5, 5.41) is 12.0. The van der Waals surface area contributed by atoms with Gasteiger partial charge in [-0.05, 0) is 23.8 Å². The van der Waals surface area contributed by atoms with Crippen LogP contribution in [0.3, 0.4) is 0 Å². The molecule has 0 unspecified atom stereocenters. The second kappa shape index (κ2) is 5.12. The van der Waals surface area contributed by atoms with Crippen molar-refractivity contribution in [1.29, 1.82) is 0 Å². The standard InChI is InChI=1S/C13H14N2O5/c1-15-8(12(17)14-13(15)18)4-7-5-9(19-2)11(16)10(6-7)20-3/h4-6,16H,1-3H3,(H,14,17,18)/b8-4+. The van der Waals surface area contributed by atoms with E-state index in [2.05, 4.69) is 5.32 Å². The number of imide groups is 1. The Labute approximate surface area is 115 Å². The number of benzene rings is 1. The van der Waals surface area contributed by atoms with Crippen molar-refractivity contribution in [1.82, 2.24) is 10.2 Å². The van der Waals surface area contributed by atoms with Crippen LogP contribution in [0.4, 0.5) is 4.79 Å². The minimum atomic E-state index is -0.487. The van der Waals surface area contributed by atoms with E-state index in [0.29, 0.717) is 5.56 Å². The zero-order chi connectivity index (χ0) is 14.9. The van der Waals surface area contributed by atoms with Crippen molar-refractivity contribution in [2.75, 3.05) is 21.3 Å². The fraction of sp³-hybridized carbons (Fsp3) is 0.231. The molecular weight excluding hydrogens is 264 g/mol. The lowest BCUT2D eigenvalue weighted by Crippen LogP contribution is -2.24. The third kappa shape index (κ3) is 2.25. The Balaban J connectivity index is 2.48. The molecule has 0 aliphatic carbocycles. The number of methoxy groups -OCH3 is 2. The van der Waals surface area contributed by atoms with Gasteiger partial charge in [0.25, 0.3) is 5.91 Å². The van der Waals surface area contributed by atoms with Crippen LogP contribution < -0.4 is 14.8 Å². The lowest BCUT2D eigenvalue weighted by atomic mass is 10.1. The molecule has 1 fully saturated rings. The number of likely N-dealkylation sites (N-methyl/N-ethyl adjacent to an activating group) is 1. The molecule has 0 bridgehead atoms. The Hall–Kier alpha value is -2.70. The van der Waals surface area contributed by atoms with Crippen molar-refractivity contribution >= 4 is 18.0 Å². The minimum Gasteiger partial charge on any atom is -0.502 e. The third-order valence-corrected chi connectivity index (χ3v) is 2.92. The number of carbonyl (C=O) groups is 2. The number of amides is 3. The van der Waals surface area contributed by atoms with E-state index < -0.39 is 11.9 Å². The summed E-state index contributed by atoms with van der Waals surface area (Å²) >= 11 is 0. The molecule has 0 spiro atoms. The van der Waals surface area contributed by atoms with Gasteiger partial charge < -0.3 is 14.6 Å². The molecule has 3 amide bonds. The van der Waals surface area contributed by atoms with E-state index in [0.717, 1.165) is 0 Å². The van der Waals surface area contributed by atoms with E-state index in [4.69, 9.17) is 9.47 Å². The average Bonchev–Trinajstić information content (AvgIpc) is 2.67. The van der Waals surface area contributed by atoms with Crippen molar-refractivity contribution in [3.63, 3.8) is 0 Å². The molecule has 20 heavy (non-hydrogen) atoms. The summed E-state index contributed by atoms with van der Waals surface area (Å²) in [6.45, 7) is 0. The van der Waals surface area contributed by atoms with Crippen LogP contribution in [0.1, 0.15) is 5.56 Å². The van der Waals surface area contributed by atoms with Crippen molar-refractivity contribution in [3.05, 3.63) is 23.4 Å². The van der Waals surface area contributed by atoms with E-state index in [1.54, 1.807) is 0 Å². The number of rotatable bonds is 3. The van der Waals surface area contributed by atoms with Crippen molar-refractivity contribution in [2.24, 2.45) is 0 Å². The quantitative estimate of drug-likeness (QED) is 0.634. The molecule has 2 N–H and O–H groups in total. The number of phenols is 1. The predicted octanol–water partition coefficient (Wildman–Crippen LogP) is 0.932. The van der Waals surface area contributed by atoms with Crippen LogP contribution in [0.5, 0.6) is 17.2 Å². The molecule has 1 saturated heterocycles. The lowest BCUT2D eigenvalue weighted by molar-refractivity contribution is -0.115. The maximum Gasteiger partial charge on any atom is 0.328 e. The first-order chi connectivity index (χ1) is 9.47. The van der Waals surface area contributed by atoms with Crippen LogP contribution in [0.25, 0.3) is 6.08 Å². The molecule has 7 nitrogen and oxygen atoms in total. The highest BCUT2D eigenvalue weighted by Crippen LogP contribution is 2.37. The number of ether oxygens (including phenoxy) is 2. The monoisotopic (exact) mass is 278 g/mol. The van der Waals surface area contributed by atoms with E-state index in [-0.39, 0.29) is 22.9 Å². The van der Waals surface area contributed by atoms with Crippen LogP contribution >= 0.6 is 0 Å². The number of phenolic OH excluding ortho intramolecular Hbond substituents is 1. The smallest absolute Gasteiger partial charge is 0.328 e. The van der Waals surface area contributed by atoms with Gasteiger partial charge in [0.1, 0.15) is 5.70 Å². The maximum atomic E-state index is 11.6. The lowest BCUT2D eigenvalue weighted by Gasteiger charge is -2.11. The Morgan fingerprint density at radius 2 is 1.75 bits per heavy atom. The molecule has 0 saturated carbocycles. The first-order valence-corrected chi connectivity index (χ1v) is 5.73. The molecule has 0 aromatic heterocycles. The summed E-state index contributed by atoms with van der Waals surface area (Å²) in [6.07, 6.45) is 1.50. The van der Waals surface area contributed by atoms with Gasteiger partial charge in [-0.1, -0.05) is 0 Å². The fourth-order valence-corrected chi connectivity index (χ4v) is 1.82. The second-order valence-electron chi connectivity index (χ2n) is 4.12. The Kier molecular flexibility index (Phi) is 3.51. The van der Waals surface area contributed by atoms with Gasteiger partial charge in [-0.15, -0.1) is 0 Å². The van der Waals surface area contributed by atoms with Gasteiger partial charge in [0.2, 0.25) is 5.75 Å². The van der Waals surface area contributed by atoms with Crippen molar-refractivity contribution in [3.8, 4) is 17.2 Å². The topological polar surface area (TPSA) is 88.1 Å². The molecule has 1 heterocycles. The number of aromatic hydroxyl groups is 1. The largest absolute Gasteiger partial charge is 0.502 e. The van der Waals surface area contributed by atoms with E-state index in [1.165, 1.54) is 44.4 Å². The number of hydrogen-bond acceptors (Lipinski definition) is 5. The molecule has 0 radical (unpaired) electrons. The highest BCUT2D eigenvalue weighted by molar-refractivity contribution is 6.13. The summed E-state index contributed by atoms with van der Waals surface area (Å²) < 4.78 is 10.1. The molecule has 1 aromatic rings. The van der Waals surface area contributed by atoms with Crippen LogP contribution in [-0.4, -0.2) is 43.2 Å². The summed E-state index contributed by atoms with van der Waals surface area (Å²) in [5.41, 5.74) is 0.757. The molecule has 1 aliphatic heterocycles. The maximum absolute atomic E-state index is 11.6. The van der Waals surface area contributed by atoms with Crippen LogP contribution in [0.2, 0.25) is 0 Å². The van der Waals surface area contributed by atoms with E-state index >= 15 is 0 Å². The van der Waals surface area contributed by atoms with Crippen LogP contribution in [0.15, 0.2) is 17.8 Å². The normalized spacial score (nSPS) is 16.6. The van der Waals surface area contributed by atoms with Gasteiger partial charge in [-0.2, -0.15) is 0 Å². The molecular formula is C13H14N2O5. The van der Waals surface area contributed by atoms with E-state index in [9.17, 15) is 14.7 Å². The average molecular weight is 278 g/mol. The zero-order valence-electron chi connectivity index (χ0n) is 11.3. The van der Waals surface area contributed by atoms with Gasteiger partial charge in [0, 0.05) is 7.05 Å². The number of nitrogens with one attached hydrogen (secondary N) is 1. The summed E-state index contributed by atoms with van der Waals surface area (Å²) in [6, 6.07) is 2.59. The van der Waals surface area contributed by atoms with Gasteiger partial charge in [-0.25, -0.2) is 4.79 Å². The predicted molar refractivity (Wildman–Crippen MR) is 70.5 cm³/mol. The summed E-state index contributed by atoms with van der Waals surface area (Å²) in [4.78, 5) is 24.2. The molecule has 106 valence electrons. The molecule has 0 atom stereocenters. The Bertz CT molecular complexity index is 584. The van der Waals surface area contributed by atoms with Crippen LogP contribution in [0, 0.1) is 0 Å². The first kappa shape index (κ1) is 13.7. The molecule has 1 aliphatic rings. The highest BCUT2D eigenvalue weighted by atomic mass is 16.5. The van der Waals surface area contributed by atoms with Crippen molar-refractivity contribution in [2.45, 2.75) is 0 Å². The second-order valence-corrected chi connectivity index (χ2v) is 4.12. The minimum absolute atomic E-state index is 0.127. The first-order valence-electron chi connectivity index (χ1n) is 5.73. The zero-order valence-corrected chi connectivity index (χ0v) is 11.3. The number of nitrogens with zero attached hydrogens (tertiary/aromatic N) is 1. The van der Waals surface area contributed by atoms with Gasteiger partial charge >= 0.3 is 6.03 Å². The van der Waals surface area contributed by atoms with E-state index in [1.807, 2.05) is 0 Å². The number of hydrogen-bond donors (Lipinski definition) is 2. The molecule has 7 heteroatoms. The third-order valence-electron chi connectivity index (χ3n) is 2.92. The van der Waals surface area contributed by atoms with Crippen molar-refractivity contribution < 1.29 is 24.2 Å². The molecule has 2 rings (SSSR count). The van der Waals surface area contributed by atoms with Gasteiger partial charge in [-0.3, -0.25) is 15.0 Å². The number of urea groups is 1. The highest BCUT2D eigenvalue weighted by Gasteiger charge is 2.29. The van der Waals surface area contributed by atoms with Gasteiger partial charge in [0.15, 0.2) is 11.5 Å². The molecule has 1 aromatic carbocycles. The number of carbonyl (C=O) groups excluding carboxylic acids is 2.